The molecular formula is C26H19F2N3O3S. The van der Waals surface area contributed by atoms with Crippen molar-refractivity contribution in [2.45, 2.75) is 12.4 Å². The quantitative estimate of drug-likeness (QED) is 0.388. The van der Waals surface area contributed by atoms with Gasteiger partial charge in [-0.25, -0.2) is 4.99 Å². The molecule has 0 saturated heterocycles. The van der Waals surface area contributed by atoms with E-state index in [4.69, 9.17) is 10.00 Å². The zero-order chi connectivity index (χ0) is 24.8. The van der Waals surface area contributed by atoms with Gasteiger partial charge in [-0.05, 0) is 65.7 Å². The van der Waals surface area contributed by atoms with E-state index in [1.165, 1.54) is 40.9 Å². The smallest absolute Gasteiger partial charge is 0.387 e. The molecule has 1 heterocycles. The Labute approximate surface area is 205 Å². The van der Waals surface area contributed by atoms with Crippen LogP contribution in [-0.4, -0.2) is 24.8 Å². The number of amidine groups is 1. The number of thioether (sulfide) groups is 1. The number of amides is 1. The van der Waals surface area contributed by atoms with Crippen LogP contribution >= 0.6 is 11.8 Å². The Balaban J connectivity index is 1.62. The van der Waals surface area contributed by atoms with E-state index >= 15 is 0 Å². The highest BCUT2D eigenvalue weighted by Crippen LogP contribution is 2.32. The Bertz CT molecular complexity index is 1300. The van der Waals surface area contributed by atoms with Gasteiger partial charge in [-0.1, -0.05) is 36.0 Å². The van der Waals surface area contributed by atoms with Crippen molar-refractivity contribution < 1.29 is 23.0 Å². The summed E-state index contributed by atoms with van der Waals surface area (Å²) in [6.45, 7) is -2.94. The Morgan fingerprint density at radius 1 is 1.03 bits per heavy atom. The van der Waals surface area contributed by atoms with Crippen molar-refractivity contribution in [2.75, 3.05) is 12.0 Å². The van der Waals surface area contributed by atoms with Gasteiger partial charge in [0, 0.05) is 5.75 Å². The highest BCUT2D eigenvalue weighted by molar-refractivity contribution is 8.13. The number of carbonyl (C=O) groups excluding carboxylic acids is 1. The van der Waals surface area contributed by atoms with Gasteiger partial charge in [-0.15, -0.1) is 0 Å². The second-order valence-electron chi connectivity index (χ2n) is 7.31. The molecule has 4 rings (SSSR count). The normalized spacial score (nSPS) is 14.3. The Hall–Kier alpha value is -4.16. The maximum absolute atomic E-state index is 13.3. The predicted molar refractivity (Wildman–Crippen MR) is 131 cm³/mol. The van der Waals surface area contributed by atoms with Crippen LogP contribution in [0.15, 0.2) is 83.5 Å². The fraction of sp³-hybridized carbons (Fsp3) is 0.115. The molecule has 0 bridgehead atoms. The second kappa shape index (κ2) is 10.8. The van der Waals surface area contributed by atoms with Crippen molar-refractivity contribution in [3.05, 3.63) is 95.2 Å². The molecule has 0 radical (unpaired) electrons. The van der Waals surface area contributed by atoms with Gasteiger partial charge < -0.3 is 9.47 Å². The first-order valence-electron chi connectivity index (χ1n) is 10.4. The molecule has 0 atom stereocenters. The molecule has 0 aromatic heterocycles. The molecule has 1 aliphatic heterocycles. The third-order valence-electron chi connectivity index (χ3n) is 5.02. The Morgan fingerprint density at radius 3 is 2.29 bits per heavy atom. The fourth-order valence-electron chi connectivity index (χ4n) is 3.28. The molecule has 1 aliphatic rings. The van der Waals surface area contributed by atoms with Gasteiger partial charge in [0.2, 0.25) is 0 Å². The van der Waals surface area contributed by atoms with Crippen LogP contribution in [0.5, 0.6) is 11.5 Å². The fourth-order valence-corrected chi connectivity index (χ4v) is 4.25. The highest BCUT2D eigenvalue weighted by atomic mass is 32.2. The number of nitriles is 1. The van der Waals surface area contributed by atoms with Crippen molar-refractivity contribution >= 4 is 34.6 Å². The number of rotatable bonds is 7. The number of halogens is 2. The topological polar surface area (TPSA) is 74.9 Å². The van der Waals surface area contributed by atoms with Gasteiger partial charge >= 0.3 is 6.61 Å². The summed E-state index contributed by atoms with van der Waals surface area (Å²) in [7, 11) is 1.57. The van der Waals surface area contributed by atoms with E-state index in [2.05, 4.69) is 15.8 Å². The average molecular weight is 492 g/mol. The van der Waals surface area contributed by atoms with Crippen LogP contribution in [0, 0.1) is 11.3 Å². The molecular weight excluding hydrogens is 472 g/mol. The van der Waals surface area contributed by atoms with Crippen LogP contribution in [0.25, 0.3) is 6.08 Å². The van der Waals surface area contributed by atoms with Crippen LogP contribution in [-0.2, 0) is 10.5 Å². The van der Waals surface area contributed by atoms with Crippen LogP contribution in [0.1, 0.15) is 16.7 Å². The molecule has 3 aromatic rings. The highest BCUT2D eigenvalue weighted by Gasteiger charge is 2.32. The number of aliphatic imine (C=N–C) groups is 1. The number of nitrogens with zero attached hydrogens (tertiary/aromatic N) is 3. The van der Waals surface area contributed by atoms with Gasteiger partial charge in [0.15, 0.2) is 5.17 Å². The number of ether oxygens (including phenoxy) is 2. The SMILES string of the molecule is COc1ccc(/C=C2/N=C(SCc3ccc(C#N)cc3)N(c3ccc(OC(F)F)cc3)C2=O)cc1. The van der Waals surface area contributed by atoms with Crippen LogP contribution in [0.2, 0.25) is 0 Å². The third-order valence-corrected chi connectivity index (χ3v) is 6.03. The molecule has 0 fully saturated rings. The lowest BCUT2D eigenvalue weighted by molar-refractivity contribution is -0.113. The van der Waals surface area contributed by atoms with Gasteiger partial charge in [0.1, 0.15) is 17.2 Å². The van der Waals surface area contributed by atoms with E-state index < -0.39 is 6.61 Å². The predicted octanol–water partition coefficient (Wildman–Crippen LogP) is 5.85. The summed E-state index contributed by atoms with van der Waals surface area (Å²) < 4.78 is 34.6. The molecule has 6 nitrogen and oxygen atoms in total. The van der Waals surface area contributed by atoms with Gasteiger partial charge in [0.25, 0.3) is 5.91 Å². The number of hydrogen-bond donors (Lipinski definition) is 0. The monoisotopic (exact) mass is 491 g/mol. The first-order valence-corrected chi connectivity index (χ1v) is 11.4. The van der Waals surface area contributed by atoms with Crippen molar-refractivity contribution in [2.24, 2.45) is 4.99 Å². The minimum absolute atomic E-state index is 0.00637. The van der Waals surface area contributed by atoms with Gasteiger partial charge in [0.05, 0.1) is 24.4 Å². The first kappa shape index (κ1) is 24.0. The number of alkyl halides is 2. The van der Waals surface area contributed by atoms with E-state index in [1.54, 1.807) is 37.5 Å². The van der Waals surface area contributed by atoms with Crippen LogP contribution in [0.3, 0.4) is 0 Å². The minimum atomic E-state index is -2.94. The van der Waals surface area contributed by atoms with Crippen LogP contribution in [0.4, 0.5) is 14.5 Å². The van der Waals surface area contributed by atoms with Crippen molar-refractivity contribution in [1.29, 1.82) is 5.26 Å². The van der Waals surface area contributed by atoms with Crippen molar-refractivity contribution in [3.63, 3.8) is 0 Å². The zero-order valence-electron chi connectivity index (χ0n) is 18.5. The summed E-state index contributed by atoms with van der Waals surface area (Å²) >= 11 is 1.35. The molecule has 176 valence electrons. The number of methoxy groups -OCH3 is 1. The molecule has 35 heavy (non-hydrogen) atoms. The number of hydrogen-bond acceptors (Lipinski definition) is 6. The summed E-state index contributed by atoms with van der Waals surface area (Å²) in [5.41, 5.74) is 3.00. The van der Waals surface area contributed by atoms with E-state index in [-0.39, 0.29) is 17.4 Å². The minimum Gasteiger partial charge on any atom is -0.497 e. The summed E-state index contributed by atoms with van der Waals surface area (Å²) in [5.74, 6) is 0.857. The van der Waals surface area contributed by atoms with Gasteiger partial charge in [-0.3, -0.25) is 9.69 Å². The molecule has 3 aromatic carbocycles. The molecule has 0 unspecified atom stereocenters. The number of anilines is 1. The lowest BCUT2D eigenvalue weighted by Crippen LogP contribution is -2.30. The van der Waals surface area contributed by atoms with Crippen molar-refractivity contribution in [3.8, 4) is 17.6 Å². The summed E-state index contributed by atoms with van der Waals surface area (Å²) in [4.78, 5) is 19.3. The van der Waals surface area contributed by atoms with E-state index in [9.17, 15) is 13.6 Å². The second-order valence-corrected chi connectivity index (χ2v) is 8.25. The third kappa shape index (κ3) is 5.86. The Morgan fingerprint density at radius 2 is 1.69 bits per heavy atom. The molecule has 0 aliphatic carbocycles. The van der Waals surface area contributed by atoms with E-state index in [1.807, 2.05) is 24.3 Å². The largest absolute Gasteiger partial charge is 0.497 e. The maximum Gasteiger partial charge on any atom is 0.387 e. The van der Waals surface area contributed by atoms with Crippen molar-refractivity contribution in [1.82, 2.24) is 0 Å². The average Bonchev–Trinajstić information content (AvgIpc) is 3.18. The lowest BCUT2D eigenvalue weighted by atomic mass is 10.2. The summed E-state index contributed by atoms with van der Waals surface area (Å²) in [6, 6.07) is 22.3. The first-order chi connectivity index (χ1) is 17.0. The lowest BCUT2D eigenvalue weighted by Gasteiger charge is -2.18. The number of carbonyl (C=O) groups is 1. The zero-order valence-corrected chi connectivity index (χ0v) is 19.3. The van der Waals surface area contributed by atoms with E-state index in [0.29, 0.717) is 27.9 Å². The van der Waals surface area contributed by atoms with E-state index in [0.717, 1.165) is 11.1 Å². The number of benzene rings is 3. The summed E-state index contributed by atoms with van der Waals surface area (Å²) in [5, 5.41) is 9.43. The Kier molecular flexibility index (Phi) is 7.43. The molecule has 1 amide bonds. The standard InChI is InChI=1S/C26H19F2N3O3S/c1-33-21-10-6-17(7-11-21)14-23-24(32)31(20-8-12-22(13-9-20)34-25(27)28)26(30-23)35-16-19-4-2-18(15-29)3-5-19/h2-14,25H,16H2,1H3/b23-14+. The maximum atomic E-state index is 13.3. The summed E-state index contributed by atoms with van der Waals surface area (Å²) in [6.07, 6.45) is 1.68. The molecule has 0 saturated carbocycles. The molecule has 0 spiro atoms. The molecule has 0 N–H and O–H groups in total. The molecule has 9 heteroatoms. The van der Waals surface area contributed by atoms with Gasteiger partial charge in [-0.2, -0.15) is 14.0 Å². The van der Waals surface area contributed by atoms with Crippen LogP contribution < -0.4 is 14.4 Å².